The number of nitrogens with one attached hydrogen (secondary N) is 2. The van der Waals surface area contributed by atoms with E-state index in [2.05, 4.69) is 15.6 Å². The number of benzene rings is 2. The highest BCUT2D eigenvalue weighted by molar-refractivity contribution is 8.15. The Morgan fingerprint density at radius 1 is 1.22 bits per heavy atom. The third kappa shape index (κ3) is 5.30. The van der Waals surface area contributed by atoms with Crippen LogP contribution in [0.1, 0.15) is 13.3 Å². The Bertz CT molecular complexity index is 854. The van der Waals surface area contributed by atoms with Gasteiger partial charge in [-0.25, -0.2) is 9.38 Å². The van der Waals surface area contributed by atoms with Crippen LogP contribution in [0, 0.1) is 5.82 Å². The van der Waals surface area contributed by atoms with Gasteiger partial charge < -0.3 is 15.4 Å². The zero-order valence-corrected chi connectivity index (χ0v) is 15.4. The maximum atomic E-state index is 12.9. The first-order valence-corrected chi connectivity index (χ1v) is 9.26. The van der Waals surface area contributed by atoms with Crippen LogP contribution >= 0.6 is 11.8 Å². The summed E-state index contributed by atoms with van der Waals surface area (Å²) >= 11 is 1.18. The second-order valence-corrected chi connectivity index (χ2v) is 6.89. The molecule has 8 heteroatoms. The number of amides is 2. The van der Waals surface area contributed by atoms with Crippen LogP contribution < -0.4 is 15.4 Å². The van der Waals surface area contributed by atoms with Crippen molar-refractivity contribution < 1.29 is 18.7 Å². The van der Waals surface area contributed by atoms with Gasteiger partial charge in [0.15, 0.2) is 5.17 Å². The van der Waals surface area contributed by atoms with Crippen molar-refractivity contribution in [2.75, 3.05) is 11.9 Å². The summed E-state index contributed by atoms with van der Waals surface area (Å²) in [5.41, 5.74) is 1.16. The zero-order valence-electron chi connectivity index (χ0n) is 14.6. The first-order valence-electron chi connectivity index (χ1n) is 8.38. The molecule has 140 valence electrons. The molecule has 1 heterocycles. The molecule has 1 fully saturated rings. The van der Waals surface area contributed by atoms with Crippen LogP contribution in [0.15, 0.2) is 53.5 Å². The molecule has 0 radical (unpaired) electrons. The fourth-order valence-electron chi connectivity index (χ4n) is 2.41. The fourth-order valence-corrected chi connectivity index (χ4v) is 3.39. The Morgan fingerprint density at radius 2 is 1.93 bits per heavy atom. The van der Waals surface area contributed by atoms with E-state index in [1.807, 2.05) is 6.92 Å². The number of thioether (sulfide) groups is 1. The largest absolute Gasteiger partial charge is 0.494 e. The molecule has 2 N–H and O–H groups in total. The van der Waals surface area contributed by atoms with E-state index in [9.17, 15) is 14.0 Å². The maximum Gasteiger partial charge on any atom is 0.240 e. The highest BCUT2D eigenvalue weighted by Gasteiger charge is 2.32. The van der Waals surface area contributed by atoms with Gasteiger partial charge in [0, 0.05) is 12.1 Å². The highest BCUT2D eigenvalue weighted by atomic mass is 32.2. The van der Waals surface area contributed by atoms with Gasteiger partial charge in [0.05, 0.1) is 12.3 Å². The summed E-state index contributed by atoms with van der Waals surface area (Å²) < 4.78 is 18.3. The van der Waals surface area contributed by atoms with Crippen molar-refractivity contribution in [2.45, 2.75) is 18.6 Å². The van der Waals surface area contributed by atoms with Crippen molar-refractivity contribution in [3.05, 3.63) is 54.3 Å². The quantitative estimate of drug-likeness (QED) is 0.795. The minimum absolute atomic E-state index is 0.0200. The van der Waals surface area contributed by atoms with E-state index in [0.29, 0.717) is 23.1 Å². The molecule has 1 aliphatic heterocycles. The molecule has 0 aliphatic carbocycles. The lowest BCUT2D eigenvalue weighted by Gasteiger charge is -2.08. The van der Waals surface area contributed by atoms with Crippen molar-refractivity contribution in [3.63, 3.8) is 0 Å². The van der Waals surface area contributed by atoms with Crippen molar-refractivity contribution >= 4 is 40.1 Å². The summed E-state index contributed by atoms with van der Waals surface area (Å²) in [6, 6.07) is 12.6. The normalized spacial score (nSPS) is 17.6. The SMILES string of the molecule is CCOc1ccc(NC(=O)C[C@@H]2SC(=Nc3ccc(F)cc3)NC2=O)cc1. The van der Waals surface area contributed by atoms with Gasteiger partial charge in [-0.3, -0.25) is 9.59 Å². The van der Waals surface area contributed by atoms with E-state index in [1.54, 1.807) is 24.3 Å². The number of ether oxygens (including phenoxy) is 1. The van der Waals surface area contributed by atoms with E-state index >= 15 is 0 Å². The predicted octanol–water partition coefficient (Wildman–Crippen LogP) is 3.47. The van der Waals surface area contributed by atoms with Crippen LogP contribution in [0.5, 0.6) is 5.75 Å². The molecule has 1 atom stereocenters. The minimum Gasteiger partial charge on any atom is -0.494 e. The molecule has 1 saturated heterocycles. The molecule has 0 aromatic heterocycles. The number of carbonyl (C=O) groups excluding carboxylic acids is 2. The molecule has 0 spiro atoms. The van der Waals surface area contributed by atoms with Crippen LogP contribution in [-0.4, -0.2) is 28.8 Å². The molecular weight excluding hydrogens is 369 g/mol. The lowest BCUT2D eigenvalue weighted by molar-refractivity contribution is -0.122. The average Bonchev–Trinajstić information content (AvgIpc) is 2.98. The Hall–Kier alpha value is -2.87. The van der Waals surface area contributed by atoms with Gasteiger partial charge >= 0.3 is 0 Å². The van der Waals surface area contributed by atoms with Gasteiger partial charge in [-0.1, -0.05) is 11.8 Å². The van der Waals surface area contributed by atoms with Crippen LogP contribution in [0.4, 0.5) is 15.8 Å². The van der Waals surface area contributed by atoms with Gasteiger partial charge in [-0.2, -0.15) is 0 Å². The third-order valence-corrected chi connectivity index (χ3v) is 4.74. The van der Waals surface area contributed by atoms with Gasteiger partial charge in [0.2, 0.25) is 11.8 Å². The van der Waals surface area contributed by atoms with Crippen LogP contribution in [0.3, 0.4) is 0 Å². The monoisotopic (exact) mass is 387 g/mol. The Labute approximate surface area is 160 Å². The maximum absolute atomic E-state index is 12.9. The van der Waals surface area contributed by atoms with E-state index in [0.717, 1.165) is 5.75 Å². The number of hydrogen-bond donors (Lipinski definition) is 2. The number of aliphatic imine (C=N–C) groups is 1. The second-order valence-electron chi connectivity index (χ2n) is 5.70. The Balaban J connectivity index is 1.56. The molecular formula is C19H18FN3O3S. The van der Waals surface area contributed by atoms with Gasteiger partial charge in [-0.15, -0.1) is 0 Å². The summed E-state index contributed by atoms with van der Waals surface area (Å²) in [7, 11) is 0. The molecule has 0 saturated carbocycles. The van der Waals surface area contributed by atoms with Gasteiger partial charge in [-0.05, 0) is 55.5 Å². The lowest BCUT2D eigenvalue weighted by Crippen LogP contribution is -2.28. The molecule has 0 unspecified atom stereocenters. The first kappa shape index (κ1) is 18.9. The predicted molar refractivity (Wildman–Crippen MR) is 104 cm³/mol. The van der Waals surface area contributed by atoms with Crippen molar-refractivity contribution in [1.82, 2.24) is 5.32 Å². The van der Waals surface area contributed by atoms with Crippen LogP contribution in [0.25, 0.3) is 0 Å². The first-order chi connectivity index (χ1) is 13.0. The molecule has 0 bridgehead atoms. The summed E-state index contributed by atoms with van der Waals surface area (Å²) in [5, 5.41) is 5.23. The smallest absolute Gasteiger partial charge is 0.240 e. The summed E-state index contributed by atoms with van der Waals surface area (Å²) in [6.45, 7) is 2.47. The van der Waals surface area contributed by atoms with Gasteiger partial charge in [0.1, 0.15) is 16.8 Å². The number of amidine groups is 1. The molecule has 2 amide bonds. The number of anilines is 1. The topological polar surface area (TPSA) is 79.8 Å². The molecule has 2 aromatic carbocycles. The Kier molecular flexibility index (Phi) is 6.08. The number of halogens is 1. The van der Waals surface area contributed by atoms with E-state index < -0.39 is 5.25 Å². The van der Waals surface area contributed by atoms with E-state index in [1.165, 1.54) is 36.0 Å². The average molecular weight is 387 g/mol. The second kappa shape index (κ2) is 8.68. The molecule has 27 heavy (non-hydrogen) atoms. The van der Waals surface area contributed by atoms with E-state index in [-0.39, 0.29) is 24.1 Å². The van der Waals surface area contributed by atoms with Gasteiger partial charge in [0.25, 0.3) is 0 Å². The number of carbonyl (C=O) groups is 2. The summed E-state index contributed by atoms with van der Waals surface area (Å²) in [5.74, 6) is -0.175. The van der Waals surface area contributed by atoms with Crippen molar-refractivity contribution in [1.29, 1.82) is 0 Å². The number of hydrogen-bond acceptors (Lipinski definition) is 5. The zero-order chi connectivity index (χ0) is 19.2. The standard InChI is InChI=1S/C19H18FN3O3S/c1-2-26-15-9-7-13(8-10-15)21-17(24)11-16-18(25)23-19(27-16)22-14-5-3-12(20)4-6-14/h3-10,16H,2,11H2,1H3,(H,21,24)(H,22,23,25)/t16-/m0/s1. The van der Waals surface area contributed by atoms with Crippen molar-refractivity contribution in [3.8, 4) is 5.75 Å². The third-order valence-electron chi connectivity index (χ3n) is 3.65. The number of rotatable bonds is 6. The molecule has 2 aromatic rings. The lowest BCUT2D eigenvalue weighted by atomic mass is 10.2. The van der Waals surface area contributed by atoms with Crippen LogP contribution in [0.2, 0.25) is 0 Å². The summed E-state index contributed by atoms with van der Waals surface area (Å²) in [4.78, 5) is 28.5. The fraction of sp³-hybridized carbons (Fsp3) is 0.211. The summed E-state index contributed by atoms with van der Waals surface area (Å²) in [6.07, 6.45) is 0.0200. The molecule has 3 rings (SSSR count). The minimum atomic E-state index is -0.563. The highest BCUT2D eigenvalue weighted by Crippen LogP contribution is 2.26. The number of nitrogens with zero attached hydrogens (tertiary/aromatic N) is 1. The van der Waals surface area contributed by atoms with Crippen LogP contribution in [-0.2, 0) is 9.59 Å². The van der Waals surface area contributed by atoms with E-state index in [4.69, 9.17) is 4.74 Å². The molecule has 6 nitrogen and oxygen atoms in total. The van der Waals surface area contributed by atoms with Crippen molar-refractivity contribution in [2.24, 2.45) is 4.99 Å². The molecule has 1 aliphatic rings. The Morgan fingerprint density at radius 3 is 2.59 bits per heavy atom.